The molecule has 1 aromatic rings. The van der Waals surface area contributed by atoms with Crippen molar-refractivity contribution in [2.45, 2.75) is 31.3 Å². The summed E-state index contributed by atoms with van der Waals surface area (Å²) < 4.78 is 12.8. The molecule has 3 N–H and O–H groups in total. The number of nitrogens with zero attached hydrogens (tertiary/aromatic N) is 1. The Labute approximate surface area is 128 Å². The molecule has 1 saturated heterocycles. The van der Waals surface area contributed by atoms with Gasteiger partial charge in [-0.15, -0.1) is 0 Å². The quantitative estimate of drug-likeness (QED) is 0.798. The highest BCUT2D eigenvalue weighted by Gasteiger charge is 2.30. The molecule has 1 saturated carbocycles. The molecule has 0 bridgehead atoms. The smallest absolute Gasteiger partial charge is 0.319 e. The normalized spacial score (nSPS) is 20.6. The van der Waals surface area contributed by atoms with Gasteiger partial charge in [-0.05, 0) is 43.5 Å². The summed E-state index contributed by atoms with van der Waals surface area (Å²) in [6.07, 6.45) is 2.84. The Morgan fingerprint density at radius 1 is 1.05 bits per heavy atom. The van der Waals surface area contributed by atoms with E-state index in [0.29, 0.717) is 24.8 Å². The molecule has 2 fully saturated rings. The predicted octanol–water partition coefficient (Wildman–Crippen LogP) is 1.89. The SMILES string of the molecule is O=C(Nc1ccc(F)cc1)NC1CCN(C(=O)NC2CC2)C1. The molecule has 1 aliphatic heterocycles. The van der Waals surface area contributed by atoms with Gasteiger partial charge in [0.2, 0.25) is 0 Å². The van der Waals surface area contributed by atoms with Crippen LogP contribution in [0.1, 0.15) is 19.3 Å². The van der Waals surface area contributed by atoms with Gasteiger partial charge in [0.05, 0.1) is 0 Å². The van der Waals surface area contributed by atoms with Crippen LogP contribution in [0.3, 0.4) is 0 Å². The summed E-state index contributed by atoms with van der Waals surface area (Å²) in [6, 6.07) is 5.45. The largest absolute Gasteiger partial charge is 0.335 e. The van der Waals surface area contributed by atoms with E-state index in [1.807, 2.05) is 0 Å². The van der Waals surface area contributed by atoms with E-state index >= 15 is 0 Å². The highest BCUT2D eigenvalue weighted by atomic mass is 19.1. The van der Waals surface area contributed by atoms with Gasteiger partial charge in [0.25, 0.3) is 0 Å². The minimum atomic E-state index is -0.348. The van der Waals surface area contributed by atoms with Crippen LogP contribution in [0.5, 0.6) is 0 Å². The van der Waals surface area contributed by atoms with E-state index in [4.69, 9.17) is 0 Å². The maximum absolute atomic E-state index is 12.8. The van der Waals surface area contributed by atoms with Gasteiger partial charge >= 0.3 is 12.1 Å². The van der Waals surface area contributed by atoms with Crippen LogP contribution in [-0.4, -0.2) is 42.1 Å². The molecule has 7 heteroatoms. The number of carbonyl (C=O) groups is 2. The minimum Gasteiger partial charge on any atom is -0.335 e. The summed E-state index contributed by atoms with van der Waals surface area (Å²) in [4.78, 5) is 25.5. The van der Waals surface area contributed by atoms with Crippen LogP contribution in [-0.2, 0) is 0 Å². The zero-order chi connectivity index (χ0) is 15.5. The van der Waals surface area contributed by atoms with Gasteiger partial charge in [-0.2, -0.15) is 0 Å². The summed E-state index contributed by atoms with van der Waals surface area (Å²) in [5.74, 6) is -0.348. The average Bonchev–Trinajstić information content (AvgIpc) is 3.17. The van der Waals surface area contributed by atoms with Crippen LogP contribution in [0.15, 0.2) is 24.3 Å². The Morgan fingerprint density at radius 3 is 2.45 bits per heavy atom. The van der Waals surface area contributed by atoms with Crippen LogP contribution in [0.2, 0.25) is 0 Å². The third-order valence-corrected chi connectivity index (χ3v) is 3.82. The van der Waals surface area contributed by atoms with Gasteiger partial charge in [-0.3, -0.25) is 0 Å². The number of hydrogen-bond acceptors (Lipinski definition) is 2. The van der Waals surface area contributed by atoms with Gasteiger partial charge < -0.3 is 20.9 Å². The third-order valence-electron chi connectivity index (χ3n) is 3.82. The van der Waals surface area contributed by atoms with Crippen LogP contribution < -0.4 is 16.0 Å². The lowest BCUT2D eigenvalue weighted by Gasteiger charge is -2.18. The Morgan fingerprint density at radius 2 is 1.77 bits per heavy atom. The van der Waals surface area contributed by atoms with E-state index < -0.39 is 0 Å². The van der Waals surface area contributed by atoms with Crippen molar-refractivity contribution < 1.29 is 14.0 Å². The maximum Gasteiger partial charge on any atom is 0.319 e. The van der Waals surface area contributed by atoms with E-state index in [1.54, 1.807) is 4.90 Å². The number of anilines is 1. The fourth-order valence-corrected chi connectivity index (χ4v) is 2.44. The number of carbonyl (C=O) groups excluding carboxylic acids is 2. The number of benzene rings is 1. The lowest BCUT2D eigenvalue weighted by molar-refractivity contribution is 0.206. The van der Waals surface area contributed by atoms with E-state index in [0.717, 1.165) is 19.3 Å². The monoisotopic (exact) mass is 306 g/mol. The molecule has 2 aliphatic rings. The number of halogens is 1. The average molecular weight is 306 g/mol. The summed E-state index contributed by atoms with van der Waals surface area (Å²) in [5.41, 5.74) is 0.528. The summed E-state index contributed by atoms with van der Waals surface area (Å²) in [7, 11) is 0. The van der Waals surface area contributed by atoms with Crippen molar-refractivity contribution in [3.8, 4) is 0 Å². The molecule has 4 amide bonds. The van der Waals surface area contributed by atoms with Crippen LogP contribution in [0.25, 0.3) is 0 Å². The van der Waals surface area contributed by atoms with Gasteiger partial charge in [0, 0.05) is 30.9 Å². The number of nitrogens with one attached hydrogen (secondary N) is 3. The summed E-state index contributed by atoms with van der Waals surface area (Å²) in [6.45, 7) is 1.15. The topological polar surface area (TPSA) is 73.5 Å². The zero-order valence-electron chi connectivity index (χ0n) is 12.1. The molecule has 0 aromatic heterocycles. The van der Waals surface area contributed by atoms with E-state index in [2.05, 4.69) is 16.0 Å². The first-order valence-electron chi connectivity index (χ1n) is 7.49. The Hall–Kier alpha value is -2.31. The van der Waals surface area contributed by atoms with Crippen molar-refractivity contribution in [1.29, 1.82) is 0 Å². The van der Waals surface area contributed by atoms with Crippen molar-refractivity contribution in [1.82, 2.24) is 15.5 Å². The molecule has 0 radical (unpaired) electrons. The van der Waals surface area contributed by atoms with Crippen LogP contribution >= 0.6 is 0 Å². The Bertz CT molecular complexity index is 559. The lowest BCUT2D eigenvalue weighted by Crippen LogP contribution is -2.43. The first-order chi connectivity index (χ1) is 10.6. The van der Waals surface area contributed by atoms with Gasteiger partial charge in [0.1, 0.15) is 5.82 Å². The standard InChI is InChI=1S/C15H19FN4O2/c16-10-1-3-11(4-2-10)17-14(21)18-13-7-8-20(9-13)15(22)19-12-5-6-12/h1-4,12-13H,5-9H2,(H,19,22)(H2,17,18,21). The van der Waals surface area contributed by atoms with Crippen molar-refractivity contribution in [3.63, 3.8) is 0 Å². The predicted molar refractivity (Wildman–Crippen MR) is 80.1 cm³/mol. The second-order valence-electron chi connectivity index (χ2n) is 5.76. The number of hydrogen-bond donors (Lipinski definition) is 3. The fraction of sp³-hybridized carbons (Fsp3) is 0.467. The third kappa shape index (κ3) is 3.87. The van der Waals surface area contributed by atoms with Gasteiger partial charge in [-0.1, -0.05) is 0 Å². The zero-order valence-corrected chi connectivity index (χ0v) is 12.1. The molecule has 0 spiro atoms. The summed E-state index contributed by atoms with van der Waals surface area (Å²) >= 11 is 0. The number of likely N-dealkylation sites (tertiary alicyclic amines) is 1. The molecular formula is C15H19FN4O2. The number of amides is 4. The minimum absolute atomic E-state index is 0.0502. The molecule has 3 rings (SSSR count). The Balaban J connectivity index is 1.44. The molecular weight excluding hydrogens is 287 g/mol. The van der Waals surface area contributed by atoms with Crippen molar-refractivity contribution >= 4 is 17.7 Å². The van der Waals surface area contributed by atoms with Crippen molar-refractivity contribution in [3.05, 3.63) is 30.1 Å². The van der Waals surface area contributed by atoms with E-state index in [-0.39, 0.29) is 23.9 Å². The number of urea groups is 2. The lowest BCUT2D eigenvalue weighted by atomic mass is 10.3. The molecule has 6 nitrogen and oxygen atoms in total. The first kappa shape index (κ1) is 14.6. The molecule has 1 heterocycles. The molecule has 1 aliphatic carbocycles. The molecule has 22 heavy (non-hydrogen) atoms. The van der Waals surface area contributed by atoms with E-state index in [1.165, 1.54) is 24.3 Å². The van der Waals surface area contributed by atoms with E-state index in [9.17, 15) is 14.0 Å². The van der Waals surface area contributed by atoms with Crippen molar-refractivity contribution in [2.75, 3.05) is 18.4 Å². The van der Waals surface area contributed by atoms with Gasteiger partial charge in [-0.25, -0.2) is 14.0 Å². The maximum atomic E-state index is 12.8. The second kappa shape index (κ2) is 6.21. The van der Waals surface area contributed by atoms with Crippen LogP contribution in [0, 0.1) is 5.82 Å². The Kier molecular flexibility index (Phi) is 4.13. The highest BCUT2D eigenvalue weighted by Crippen LogP contribution is 2.20. The van der Waals surface area contributed by atoms with Gasteiger partial charge in [0.15, 0.2) is 0 Å². The number of rotatable bonds is 3. The highest BCUT2D eigenvalue weighted by molar-refractivity contribution is 5.89. The fourth-order valence-electron chi connectivity index (χ4n) is 2.44. The molecule has 1 atom stereocenters. The van der Waals surface area contributed by atoms with Crippen LogP contribution in [0.4, 0.5) is 19.7 Å². The molecule has 118 valence electrons. The second-order valence-corrected chi connectivity index (χ2v) is 5.76. The van der Waals surface area contributed by atoms with Crippen molar-refractivity contribution in [2.24, 2.45) is 0 Å². The summed E-state index contributed by atoms with van der Waals surface area (Å²) in [5, 5.41) is 8.41. The first-order valence-corrected chi connectivity index (χ1v) is 7.49. The molecule has 1 aromatic carbocycles. The molecule has 1 unspecified atom stereocenters.